The number of rotatable bonds is 6. The van der Waals surface area contributed by atoms with E-state index in [9.17, 15) is 18.4 Å². The van der Waals surface area contributed by atoms with Crippen molar-refractivity contribution in [1.29, 1.82) is 0 Å². The van der Waals surface area contributed by atoms with Crippen LogP contribution in [0.4, 0.5) is 8.78 Å². The molecule has 0 aliphatic rings. The van der Waals surface area contributed by atoms with E-state index in [1.165, 1.54) is 11.9 Å². The zero-order valence-corrected chi connectivity index (χ0v) is 10.1. The second-order valence-electron chi connectivity index (χ2n) is 4.04. The van der Waals surface area contributed by atoms with Gasteiger partial charge >= 0.3 is 11.9 Å². The van der Waals surface area contributed by atoms with Gasteiger partial charge in [0.15, 0.2) is 11.6 Å². The molecule has 5 nitrogen and oxygen atoms in total. The van der Waals surface area contributed by atoms with Gasteiger partial charge in [0, 0.05) is 6.54 Å². The van der Waals surface area contributed by atoms with E-state index in [-0.39, 0.29) is 18.5 Å². The van der Waals surface area contributed by atoms with E-state index in [0.717, 1.165) is 18.2 Å². The Bertz CT molecular complexity index is 493. The molecule has 1 unspecified atom stereocenters. The molecular formula is C12H13F2NO4. The van der Waals surface area contributed by atoms with E-state index < -0.39 is 29.6 Å². The van der Waals surface area contributed by atoms with E-state index >= 15 is 0 Å². The van der Waals surface area contributed by atoms with Crippen LogP contribution in [0.1, 0.15) is 18.0 Å². The Labute approximate surface area is 108 Å². The number of carboxylic acid groups (broad SMARTS) is 2. The van der Waals surface area contributed by atoms with Crippen LogP contribution in [0.15, 0.2) is 18.2 Å². The monoisotopic (exact) mass is 273 g/mol. The van der Waals surface area contributed by atoms with Crippen LogP contribution in [-0.2, 0) is 9.59 Å². The Morgan fingerprint density at radius 1 is 1.26 bits per heavy atom. The molecule has 1 atom stereocenters. The number of carboxylic acids is 2. The maximum Gasteiger partial charge on any atom is 0.325 e. The van der Waals surface area contributed by atoms with E-state index in [1.807, 2.05) is 0 Å². The van der Waals surface area contributed by atoms with Crippen molar-refractivity contribution in [2.24, 2.45) is 0 Å². The van der Waals surface area contributed by atoms with Crippen LogP contribution < -0.4 is 0 Å². The summed E-state index contributed by atoms with van der Waals surface area (Å²) in [6.45, 7) is -0.0225. The number of hydrogen-bond acceptors (Lipinski definition) is 3. The van der Waals surface area contributed by atoms with Gasteiger partial charge in [-0.2, -0.15) is 0 Å². The third kappa shape index (κ3) is 3.99. The molecule has 0 bridgehead atoms. The van der Waals surface area contributed by atoms with Crippen LogP contribution in [0.5, 0.6) is 0 Å². The Balaban J connectivity index is 2.96. The van der Waals surface area contributed by atoms with Crippen molar-refractivity contribution in [3.63, 3.8) is 0 Å². The van der Waals surface area contributed by atoms with Crippen molar-refractivity contribution in [3.8, 4) is 0 Å². The molecule has 0 saturated carbocycles. The Kier molecular flexibility index (Phi) is 4.94. The van der Waals surface area contributed by atoms with Crippen molar-refractivity contribution >= 4 is 11.9 Å². The van der Waals surface area contributed by atoms with Gasteiger partial charge in [0.05, 0.1) is 6.42 Å². The summed E-state index contributed by atoms with van der Waals surface area (Å²) >= 11 is 0. The van der Waals surface area contributed by atoms with E-state index in [1.54, 1.807) is 0 Å². The average molecular weight is 273 g/mol. The maximum atomic E-state index is 13.1. The summed E-state index contributed by atoms with van der Waals surface area (Å²) in [6.07, 6.45) is -0.246. The van der Waals surface area contributed by atoms with Gasteiger partial charge in [-0.1, -0.05) is 6.07 Å². The lowest BCUT2D eigenvalue weighted by atomic mass is 10.1. The van der Waals surface area contributed by atoms with Crippen molar-refractivity contribution < 1.29 is 28.6 Å². The molecule has 104 valence electrons. The second kappa shape index (κ2) is 6.24. The average Bonchev–Trinajstić information content (AvgIpc) is 2.31. The summed E-state index contributed by atoms with van der Waals surface area (Å²) in [5.41, 5.74) is 0.0549. The van der Waals surface area contributed by atoms with Crippen molar-refractivity contribution in [2.45, 2.75) is 12.5 Å². The van der Waals surface area contributed by atoms with E-state index in [4.69, 9.17) is 10.2 Å². The molecule has 2 N–H and O–H groups in total. The molecule has 0 amide bonds. The minimum absolute atomic E-state index is 0.0225. The van der Waals surface area contributed by atoms with Gasteiger partial charge < -0.3 is 10.2 Å². The quantitative estimate of drug-likeness (QED) is 0.821. The first-order chi connectivity index (χ1) is 8.82. The lowest BCUT2D eigenvalue weighted by Crippen LogP contribution is -2.32. The van der Waals surface area contributed by atoms with Gasteiger partial charge in [-0.3, -0.25) is 14.5 Å². The summed E-state index contributed by atoms with van der Waals surface area (Å²) < 4.78 is 25.9. The molecule has 7 heteroatoms. The number of nitrogens with zero attached hydrogens (tertiary/aromatic N) is 1. The molecule has 0 aromatic heterocycles. The standard InChI is InChI=1S/C12H13F2NO4/c1-15(5-4-10(16)17)11(12(18)19)7-2-3-8(13)9(14)6-7/h2-3,6,11H,4-5H2,1H3,(H,16,17)(H,18,19). The second-order valence-corrected chi connectivity index (χ2v) is 4.04. The van der Waals surface area contributed by atoms with E-state index in [0.29, 0.717) is 0 Å². The summed E-state index contributed by atoms with van der Waals surface area (Å²) in [6, 6.07) is 1.57. The topological polar surface area (TPSA) is 77.8 Å². The van der Waals surface area contributed by atoms with Crippen molar-refractivity contribution in [1.82, 2.24) is 4.90 Å². The van der Waals surface area contributed by atoms with Crippen LogP contribution in [0.25, 0.3) is 0 Å². The fraction of sp³-hybridized carbons (Fsp3) is 0.333. The third-order valence-electron chi connectivity index (χ3n) is 2.61. The first-order valence-corrected chi connectivity index (χ1v) is 5.42. The lowest BCUT2D eigenvalue weighted by Gasteiger charge is -2.24. The van der Waals surface area contributed by atoms with Crippen LogP contribution >= 0.6 is 0 Å². The van der Waals surface area contributed by atoms with Crippen LogP contribution in [0.3, 0.4) is 0 Å². The summed E-state index contributed by atoms with van der Waals surface area (Å²) in [7, 11) is 1.41. The summed E-state index contributed by atoms with van der Waals surface area (Å²) in [5.74, 6) is -4.54. The third-order valence-corrected chi connectivity index (χ3v) is 2.61. The Hall–Kier alpha value is -2.02. The molecule has 0 heterocycles. The fourth-order valence-electron chi connectivity index (χ4n) is 1.67. The predicted molar refractivity (Wildman–Crippen MR) is 61.6 cm³/mol. The highest BCUT2D eigenvalue weighted by Gasteiger charge is 2.25. The van der Waals surface area contributed by atoms with Gasteiger partial charge in [-0.05, 0) is 24.7 Å². The number of halogens is 2. The molecule has 19 heavy (non-hydrogen) atoms. The number of carbonyl (C=O) groups is 2. The number of benzene rings is 1. The zero-order valence-electron chi connectivity index (χ0n) is 10.1. The maximum absolute atomic E-state index is 13.1. The van der Waals surface area contributed by atoms with Crippen molar-refractivity contribution in [2.75, 3.05) is 13.6 Å². The van der Waals surface area contributed by atoms with Crippen LogP contribution in [-0.4, -0.2) is 40.6 Å². The SMILES string of the molecule is CN(CCC(=O)O)C(C(=O)O)c1ccc(F)c(F)c1. The molecule has 0 aliphatic heterocycles. The molecule has 1 aromatic carbocycles. The van der Waals surface area contributed by atoms with Crippen LogP contribution in [0.2, 0.25) is 0 Å². The van der Waals surface area contributed by atoms with Gasteiger partial charge in [0.2, 0.25) is 0 Å². The zero-order chi connectivity index (χ0) is 14.6. The Morgan fingerprint density at radius 2 is 1.89 bits per heavy atom. The molecule has 0 radical (unpaired) electrons. The van der Waals surface area contributed by atoms with Gasteiger partial charge in [-0.25, -0.2) is 8.78 Å². The predicted octanol–water partition coefficient (Wildman–Crippen LogP) is 1.50. The summed E-state index contributed by atoms with van der Waals surface area (Å²) in [4.78, 5) is 22.9. The number of hydrogen-bond donors (Lipinski definition) is 2. The molecule has 1 aromatic rings. The molecule has 0 fully saturated rings. The highest BCUT2D eigenvalue weighted by atomic mass is 19.2. The Morgan fingerprint density at radius 3 is 2.37 bits per heavy atom. The molecular weight excluding hydrogens is 260 g/mol. The lowest BCUT2D eigenvalue weighted by molar-refractivity contribution is -0.144. The smallest absolute Gasteiger partial charge is 0.325 e. The largest absolute Gasteiger partial charge is 0.481 e. The van der Waals surface area contributed by atoms with Crippen molar-refractivity contribution in [3.05, 3.63) is 35.4 Å². The van der Waals surface area contributed by atoms with Gasteiger partial charge in [-0.15, -0.1) is 0 Å². The number of likely N-dealkylation sites (N-methyl/N-ethyl adjacent to an activating group) is 1. The summed E-state index contributed by atoms with van der Waals surface area (Å²) in [5, 5.41) is 17.7. The van der Waals surface area contributed by atoms with E-state index in [2.05, 4.69) is 0 Å². The van der Waals surface area contributed by atoms with Gasteiger partial charge in [0.25, 0.3) is 0 Å². The number of aliphatic carboxylic acids is 2. The van der Waals surface area contributed by atoms with Gasteiger partial charge in [0.1, 0.15) is 6.04 Å². The fourth-order valence-corrected chi connectivity index (χ4v) is 1.67. The highest BCUT2D eigenvalue weighted by molar-refractivity contribution is 5.75. The molecule has 0 spiro atoms. The highest BCUT2D eigenvalue weighted by Crippen LogP contribution is 2.22. The molecule has 0 saturated heterocycles. The first kappa shape index (κ1) is 15.0. The molecule has 1 rings (SSSR count). The van der Waals surface area contributed by atoms with Crippen LogP contribution in [0, 0.1) is 11.6 Å². The minimum Gasteiger partial charge on any atom is -0.481 e. The molecule has 0 aliphatic carbocycles. The minimum atomic E-state index is -1.26. The normalized spacial score (nSPS) is 12.4. The first-order valence-electron chi connectivity index (χ1n) is 5.42.